The van der Waals surface area contributed by atoms with Crippen molar-refractivity contribution in [2.24, 2.45) is 5.92 Å². The summed E-state index contributed by atoms with van der Waals surface area (Å²) in [7, 11) is 0. The third-order valence-corrected chi connectivity index (χ3v) is 3.64. The Hall–Kier alpha value is -1.82. The van der Waals surface area contributed by atoms with Crippen LogP contribution in [0, 0.1) is 17.2 Å². The molecule has 3 nitrogen and oxygen atoms in total. The molecule has 18 heavy (non-hydrogen) atoms. The van der Waals surface area contributed by atoms with Crippen LogP contribution in [-0.4, -0.2) is 23.4 Å². The highest BCUT2D eigenvalue weighted by Gasteiger charge is 2.27. The molecule has 1 aliphatic heterocycles. The zero-order valence-electron chi connectivity index (χ0n) is 10.9. The molecule has 1 heterocycles. The van der Waals surface area contributed by atoms with Gasteiger partial charge in [-0.25, -0.2) is 0 Å². The van der Waals surface area contributed by atoms with E-state index in [1.807, 2.05) is 4.90 Å². The average Bonchev–Trinajstić information content (AvgIpc) is 2.38. The minimum atomic E-state index is 0.0477. The predicted octanol–water partition coefficient (Wildman–Crippen LogP) is 2.82. The molecule has 0 aliphatic carbocycles. The number of rotatable bonds is 1. The lowest BCUT2D eigenvalue weighted by atomic mass is 9.93. The predicted molar refractivity (Wildman–Crippen MR) is 70.1 cm³/mol. The summed E-state index contributed by atoms with van der Waals surface area (Å²) in [5.74, 6) is 0.737. The Morgan fingerprint density at radius 1 is 1.44 bits per heavy atom. The molecule has 2 unspecified atom stereocenters. The summed E-state index contributed by atoms with van der Waals surface area (Å²) in [4.78, 5) is 14.3. The van der Waals surface area contributed by atoms with Crippen LogP contribution in [0.2, 0.25) is 0 Å². The maximum Gasteiger partial charge on any atom is 0.254 e. The Balaban J connectivity index is 2.18. The van der Waals surface area contributed by atoms with Gasteiger partial charge in [0.15, 0.2) is 0 Å². The van der Waals surface area contributed by atoms with Gasteiger partial charge in [0.05, 0.1) is 11.6 Å². The first-order valence-corrected chi connectivity index (χ1v) is 6.43. The van der Waals surface area contributed by atoms with E-state index in [2.05, 4.69) is 19.9 Å². The molecule has 1 fully saturated rings. The summed E-state index contributed by atoms with van der Waals surface area (Å²) in [6.07, 6.45) is 2.12. The second-order valence-electron chi connectivity index (χ2n) is 5.17. The van der Waals surface area contributed by atoms with E-state index in [-0.39, 0.29) is 11.9 Å². The summed E-state index contributed by atoms with van der Waals surface area (Å²) >= 11 is 0. The van der Waals surface area contributed by atoms with Crippen molar-refractivity contribution in [2.45, 2.75) is 32.7 Å². The van der Waals surface area contributed by atoms with Gasteiger partial charge in [0.25, 0.3) is 5.91 Å². The topological polar surface area (TPSA) is 44.1 Å². The Labute approximate surface area is 108 Å². The number of benzene rings is 1. The number of hydrogen-bond donors (Lipinski definition) is 0. The smallest absolute Gasteiger partial charge is 0.254 e. The fraction of sp³-hybridized carbons (Fsp3) is 0.467. The molecular formula is C15H18N2O. The minimum absolute atomic E-state index is 0.0477. The first-order valence-electron chi connectivity index (χ1n) is 6.43. The first kappa shape index (κ1) is 12.6. The van der Waals surface area contributed by atoms with Gasteiger partial charge in [-0.3, -0.25) is 4.79 Å². The molecule has 2 rings (SSSR count). The summed E-state index contributed by atoms with van der Waals surface area (Å²) in [5.41, 5.74) is 1.16. The van der Waals surface area contributed by atoms with Gasteiger partial charge in [0.1, 0.15) is 0 Å². The number of carbonyl (C=O) groups is 1. The lowest BCUT2D eigenvalue weighted by molar-refractivity contribution is 0.0588. The number of hydrogen-bond acceptors (Lipinski definition) is 2. The number of amides is 1. The summed E-state index contributed by atoms with van der Waals surface area (Å²) < 4.78 is 0. The van der Waals surface area contributed by atoms with Crippen LogP contribution in [0.5, 0.6) is 0 Å². The van der Waals surface area contributed by atoms with Crippen molar-refractivity contribution in [1.29, 1.82) is 5.26 Å². The van der Waals surface area contributed by atoms with E-state index < -0.39 is 0 Å². The second kappa shape index (κ2) is 5.22. The summed E-state index contributed by atoms with van der Waals surface area (Å²) in [6.45, 7) is 5.15. The van der Waals surface area contributed by atoms with Crippen LogP contribution < -0.4 is 0 Å². The Kier molecular flexibility index (Phi) is 3.66. The molecule has 0 N–H and O–H groups in total. The van der Waals surface area contributed by atoms with E-state index in [1.54, 1.807) is 24.3 Å². The normalized spacial score (nSPS) is 23.5. The maximum absolute atomic E-state index is 12.4. The van der Waals surface area contributed by atoms with E-state index in [1.165, 1.54) is 0 Å². The minimum Gasteiger partial charge on any atom is -0.336 e. The highest BCUT2D eigenvalue weighted by Crippen LogP contribution is 2.23. The molecule has 1 aromatic rings. The van der Waals surface area contributed by atoms with E-state index >= 15 is 0 Å². The monoisotopic (exact) mass is 242 g/mol. The fourth-order valence-corrected chi connectivity index (χ4v) is 2.60. The van der Waals surface area contributed by atoms with Gasteiger partial charge < -0.3 is 4.90 Å². The van der Waals surface area contributed by atoms with Crippen LogP contribution in [0.3, 0.4) is 0 Å². The standard InChI is InChI=1S/C15H18N2O/c1-11-6-7-17(12(2)8-11)15(18)14-5-3-4-13(9-14)10-16/h3-5,9,11-12H,6-8H2,1-2H3. The number of carbonyl (C=O) groups excluding carboxylic acids is 1. The van der Waals surface area contributed by atoms with Gasteiger partial charge >= 0.3 is 0 Å². The van der Waals surface area contributed by atoms with Crippen LogP contribution in [-0.2, 0) is 0 Å². The molecule has 0 bridgehead atoms. The molecule has 0 radical (unpaired) electrons. The lowest BCUT2D eigenvalue weighted by Crippen LogP contribution is -2.44. The van der Waals surface area contributed by atoms with Crippen molar-refractivity contribution < 1.29 is 4.79 Å². The van der Waals surface area contributed by atoms with Crippen LogP contribution >= 0.6 is 0 Å². The third kappa shape index (κ3) is 2.53. The van der Waals surface area contributed by atoms with E-state index in [0.29, 0.717) is 17.0 Å². The quantitative estimate of drug-likeness (QED) is 0.760. The lowest BCUT2D eigenvalue weighted by Gasteiger charge is -2.36. The molecule has 0 spiro atoms. The highest BCUT2D eigenvalue weighted by atomic mass is 16.2. The third-order valence-electron chi connectivity index (χ3n) is 3.64. The molecule has 0 saturated carbocycles. The molecule has 1 aliphatic rings. The molecule has 1 aromatic carbocycles. The van der Waals surface area contributed by atoms with Crippen LogP contribution in [0.25, 0.3) is 0 Å². The van der Waals surface area contributed by atoms with Crippen LogP contribution in [0.1, 0.15) is 42.6 Å². The Morgan fingerprint density at radius 2 is 2.22 bits per heavy atom. The molecule has 1 amide bonds. The van der Waals surface area contributed by atoms with Gasteiger partial charge in [-0.1, -0.05) is 13.0 Å². The van der Waals surface area contributed by atoms with Gasteiger partial charge in [0.2, 0.25) is 0 Å². The van der Waals surface area contributed by atoms with Crippen LogP contribution in [0.4, 0.5) is 0 Å². The van der Waals surface area contributed by atoms with Crippen molar-refractivity contribution in [2.75, 3.05) is 6.54 Å². The average molecular weight is 242 g/mol. The number of nitriles is 1. The largest absolute Gasteiger partial charge is 0.336 e. The molecular weight excluding hydrogens is 224 g/mol. The molecule has 94 valence electrons. The van der Waals surface area contributed by atoms with E-state index in [0.717, 1.165) is 19.4 Å². The van der Waals surface area contributed by atoms with E-state index in [9.17, 15) is 4.79 Å². The zero-order chi connectivity index (χ0) is 13.1. The SMILES string of the molecule is CC1CCN(C(=O)c2cccc(C#N)c2)C(C)C1. The van der Waals surface area contributed by atoms with Gasteiger partial charge in [-0.15, -0.1) is 0 Å². The summed E-state index contributed by atoms with van der Waals surface area (Å²) in [6, 6.07) is 9.30. The zero-order valence-corrected chi connectivity index (χ0v) is 10.9. The summed E-state index contributed by atoms with van der Waals surface area (Å²) in [5, 5.41) is 8.87. The van der Waals surface area contributed by atoms with Gasteiger partial charge in [-0.05, 0) is 43.9 Å². The van der Waals surface area contributed by atoms with Crippen molar-refractivity contribution in [3.8, 4) is 6.07 Å². The maximum atomic E-state index is 12.4. The Morgan fingerprint density at radius 3 is 2.89 bits per heavy atom. The van der Waals surface area contributed by atoms with Crippen molar-refractivity contribution >= 4 is 5.91 Å². The number of likely N-dealkylation sites (tertiary alicyclic amines) is 1. The molecule has 1 saturated heterocycles. The second-order valence-corrected chi connectivity index (χ2v) is 5.17. The molecule has 0 aromatic heterocycles. The number of nitrogens with zero attached hydrogens (tertiary/aromatic N) is 2. The van der Waals surface area contributed by atoms with Gasteiger partial charge in [0, 0.05) is 18.2 Å². The highest BCUT2D eigenvalue weighted by molar-refractivity contribution is 5.94. The van der Waals surface area contributed by atoms with E-state index in [4.69, 9.17) is 5.26 Å². The molecule has 2 atom stereocenters. The van der Waals surface area contributed by atoms with Crippen molar-refractivity contribution in [3.63, 3.8) is 0 Å². The van der Waals surface area contributed by atoms with Gasteiger partial charge in [-0.2, -0.15) is 5.26 Å². The van der Waals surface area contributed by atoms with Crippen LogP contribution in [0.15, 0.2) is 24.3 Å². The molecule has 3 heteroatoms. The van der Waals surface area contributed by atoms with Crippen molar-refractivity contribution in [1.82, 2.24) is 4.90 Å². The van der Waals surface area contributed by atoms with Crippen molar-refractivity contribution in [3.05, 3.63) is 35.4 Å². The Bertz CT molecular complexity index is 490. The fourth-order valence-electron chi connectivity index (χ4n) is 2.60. The first-order chi connectivity index (χ1) is 8.61. The number of piperidine rings is 1.